The Kier molecular flexibility index (Phi) is 4.44. The molecule has 2 aliphatic rings. The van der Waals surface area contributed by atoms with Gasteiger partial charge in [-0.3, -0.25) is 4.79 Å². The van der Waals surface area contributed by atoms with Crippen LogP contribution in [0.5, 0.6) is 0 Å². The number of benzene rings is 1. The van der Waals surface area contributed by atoms with Crippen molar-refractivity contribution in [2.45, 2.75) is 30.6 Å². The van der Waals surface area contributed by atoms with Crippen LogP contribution in [0.25, 0.3) is 0 Å². The molecule has 1 aromatic carbocycles. The van der Waals surface area contributed by atoms with Crippen molar-refractivity contribution >= 4 is 21.6 Å². The molecule has 1 aliphatic carbocycles. The number of fused-ring (bicyclic) bond motifs is 1. The maximum atomic E-state index is 12.9. The molecule has 0 radical (unpaired) electrons. The van der Waals surface area contributed by atoms with E-state index in [9.17, 15) is 13.2 Å². The highest BCUT2D eigenvalue weighted by Crippen LogP contribution is 2.37. The molecule has 0 unspecified atom stereocenters. The number of anilines is 1. The van der Waals surface area contributed by atoms with Crippen LogP contribution >= 0.6 is 0 Å². The molecule has 3 rings (SSSR count). The number of sulfonamides is 1. The minimum Gasteiger partial charge on any atom is -0.330 e. The fraction of sp³-hybridized carbons (Fsp3) is 0.562. The molecule has 23 heavy (non-hydrogen) atoms. The zero-order chi connectivity index (χ0) is 16.6. The number of nitrogens with zero attached hydrogens (tertiary/aromatic N) is 1. The smallest absolute Gasteiger partial charge is 0.240 e. The van der Waals surface area contributed by atoms with E-state index in [0.29, 0.717) is 13.1 Å². The SMILES string of the molecule is CNS(=O)(=O)c1ccc2c(c1)N(C(=O)[C@@H]1CCC[C@@H]1CN)CC2. The minimum atomic E-state index is -3.51. The van der Waals surface area contributed by atoms with Crippen LogP contribution in [0, 0.1) is 11.8 Å². The summed E-state index contributed by atoms with van der Waals surface area (Å²) < 4.78 is 26.3. The number of carbonyl (C=O) groups is 1. The number of rotatable bonds is 4. The summed E-state index contributed by atoms with van der Waals surface area (Å²) >= 11 is 0. The predicted molar refractivity (Wildman–Crippen MR) is 88.6 cm³/mol. The molecule has 1 amide bonds. The Morgan fingerprint density at radius 1 is 1.39 bits per heavy atom. The molecule has 1 fully saturated rings. The number of nitrogens with two attached hydrogens (primary N) is 1. The third-order valence-electron chi connectivity index (χ3n) is 5.08. The van der Waals surface area contributed by atoms with Crippen LogP contribution in [-0.4, -0.2) is 34.5 Å². The number of amides is 1. The van der Waals surface area contributed by atoms with Crippen LogP contribution in [0.4, 0.5) is 5.69 Å². The zero-order valence-corrected chi connectivity index (χ0v) is 14.1. The van der Waals surface area contributed by atoms with E-state index < -0.39 is 10.0 Å². The van der Waals surface area contributed by atoms with Gasteiger partial charge in [0.1, 0.15) is 0 Å². The van der Waals surface area contributed by atoms with Gasteiger partial charge in [0.2, 0.25) is 15.9 Å². The first kappa shape index (κ1) is 16.4. The Morgan fingerprint density at radius 2 is 2.17 bits per heavy atom. The maximum absolute atomic E-state index is 12.9. The van der Waals surface area contributed by atoms with Gasteiger partial charge in [0.25, 0.3) is 0 Å². The monoisotopic (exact) mass is 337 g/mol. The lowest BCUT2D eigenvalue weighted by molar-refractivity contribution is -0.123. The Balaban J connectivity index is 1.91. The molecule has 0 saturated heterocycles. The Hall–Kier alpha value is -1.44. The normalized spacial score (nSPS) is 24.0. The average Bonchev–Trinajstić information content (AvgIpc) is 3.20. The Bertz CT molecular complexity index is 717. The van der Waals surface area contributed by atoms with Gasteiger partial charge < -0.3 is 10.6 Å². The minimum absolute atomic E-state index is 0.0319. The third kappa shape index (κ3) is 2.88. The van der Waals surface area contributed by atoms with Crippen molar-refractivity contribution < 1.29 is 13.2 Å². The first-order valence-electron chi connectivity index (χ1n) is 8.06. The second-order valence-corrected chi connectivity index (χ2v) is 8.16. The van der Waals surface area contributed by atoms with Crippen molar-refractivity contribution in [3.8, 4) is 0 Å². The molecule has 0 bridgehead atoms. The summed E-state index contributed by atoms with van der Waals surface area (Å²) in [7, 11) is -2.13. The third-order valence-corrected chi connectivity index (χ3v) is 6.49. The summed E-state index contributed by atoms with van der Waals surface area (Å²) in [6.07, 6.45) is 3.68. The van der Waals surface area contributed by atoms with Gasteiger partial charge in [0, 0.05) is 18.2 Å². The van der Waals surface area contributed by atoms with Crippen molar-refractivity contribution in [2.24, 2.45) is 17.6 Å². The van der Waals surface area contributed by atoms with E-state index in [1.54, 1.807) is 17.0 Å². The molecule has 1 heterocycles. The van der Waals surface area contributed by atoms with Crippen LogP contribution in [0.15, 0.2) is 23.1 Å². The van der Waals surface area contributed by atoms with Crippen LogP contribution in [0.3, 0.4) is 0 Å². The van der Waals surface area contributed by atoms with Gasteiger partial charge in [-0.2, -0.15) is 0 Å². The predicted octanol–water partition coefficient (Wildman–Crippen LogP) is 0.859. The summed E-state index contributed by atoms with van der Waals surface area (Å²) in [6.45, 7) is 1.15. The number of hydrogen-bond donors (Lipinski definition) is 2. The Morgan fingerprint density at radius 3 is 2.87 bits per heavy atom. The summed E-state index contributed by atoms with van der Waals surface area (Å²) in [6, 6.07) is 5.01. The van der Waals surface area contributed by atoms with Gasteiger partial charge in [-0.1, -0.05) is 12.5 Å². The topological polar surface area (TPSA) is 92.5 Å². The van der Waals surface area contributed by atoms with Crippen LogP contribution in [0.1, 0.15) is 24.8 Å². The van der Waals surface area contributed by atoms with Crippen LogP contribution < -0.4 is 15.4 Å². The van der Waals surface area contributed by atoms with E-state index in [-0.39, 0.29) is 22.6 Å². The highest BCUT2D eigenvalue weighted by molar-refractivity contribution is 7.89. The summed E-state index contributed by atoms with van der Waals surface area (Å²) in [5.41, 5.74) is 7.55. The van der Waals surface area contributed by atoms with Crippen LogP contribution in [0.2, 0.25) is 0 Å². The molecule has 1 aromatic rings. The lowest BCUT2D eigenvalue weighted by Gasteiger charge is -2.25. The molecular formula is C16H23N3O3S. The highest BCUT2D eigenvalue weighted by Gasteiger charge is 2.37. The fourth-order valence-corrected chi connectivity index (χ4v) is 4.47. The maximum Gasteiger partial charge on any atom is 0.240 e. The van der Waals surface area contributed by atoms with E-state index in [1.165, 1.54) is 7.05 Å². The first-order chi connectivity index (χ1) is 11.0. The van der Waals surface area contributed by atoms with Crippen LogP contribution in [-0.2, 0) is 21.2 Å². The van der Waals surface area contributed by atoms with E-state index in [2.05, 4.69) is 4.72 Å². The largest absolute Gasteiger partial charge is 0.330 e. The van der Waals surface area contributed by atoms with E-state index in [4.69, 9.17) is 5.73 Å². The number of hydrogen-bond acceptors (Lipinski definition) is 4. The zero-order valence-electron chi connectivity index (χ0n) is 13.3. The second kappa shape index (κ2) is 6.22. The second-order valence-electron chi connectivity index (χ2n) is 6.27. The lowest BCUT2D eigenvalue weighted by Crippen LogP contribution is -2.38. The van der Waals surface area contributed by atoms with E-state index in [1.807, 2.05) is 6.07 Å². The molecule has 0 aromatic heterocycles. The molecule has 1 aliphatic heterocycles. The van der Waals surface area contributed by atoms with Crippen molar-refractivity contribution in [3.05, 3.63) is 23.8 Å². The molecule has 0 spiro atoms. The van der Waals surface area contributed by atoms with Crippen molar-refractivity contribution in [1.82, 2.24) is 4.72 Å². The highest BCUT2D eigenvalue weighted by atomic mass is 32.2. The molecular weight excluding hydrogens is 314 g/mol. The van der Waals surface area contributed by atoms with E-state index in [0.717, 1.165) is 36.9 Å². The van der Waals surface area contributed by atoms with Crippen molar-refractivity contribution in [2.75, 3.05) is 25.0 Å². The molecule has 2 atom stereocenters. The summed E-state index contributed by atoms with van der Waals surface area (Å²) in [5.74, 6) is 0.307. The Labute approximate surface area is 137 Å². The molecule has 126 valence electrons. The standard InChI is InChI=1S/C16H23N3O3S/c1-18-23(21,22)13-6-5-11-7-8-19(15(11)9-13)16(20)14-4-2-3-12(14)10-17/h5-6,9,12,14,18H,2-4,7-8,10,17H2,1H3/t12-,14-/m1/s1. The van der Waals surface area contributed by atoms with Gasteiger partial charge in [0.15, 0.2) is 0 Å². The van der Waals surface area contributed by atoms with Gasteiger partial charge in [-0.05, 0) is 56.5 Å². The number of carbonyl (C=O) groups excluding carboxylic acids is 1. The number of nitrogens with one attached hydrogen (secondary N) is 1. The van der Waals surface area contributed by atoms with Gasteiger partial charge in [-0.25, -0.2) is 13.1 Å². The van der Waals surface area contributed by atoms with E-state index >= 15 is 0 Å². The first-order valence-corrected chi connectivity index (χ1v) is 9.54. The molecule has 3 N–H and O–H groups in total. The summed E-state index contributed by atoms with van der Waals surface area (Å²) in [5, 5.41) is 0. The van der Waals surface area contributed by atoms with Crippen molar-refractivity contribution in [3.63, 3.8) is 0 Å². The quantitative estimate of drug-likeness (QED) is 0.852. The molecule has 1 saturated carbocycles. The van der Waals surface area contributed by atoms with Gasteiger partial charge in [0.05, 0.1) is 4.90 Å². The van der Waals surface area contributed by atoms with Crippen molar-refractivity contribution in [1.29, 1.82) is 0 Å². The van der Waals surface area contributed by atoms with Gasteiger partial charge in [-0.15, -0.1) is 0 Å². The average molecular weight is 337 g/mol. The summed E-state index contributed by atoms with van der Waals surface area (Å²) in [4.78, 5) is 14.9. The molecule has 6 nitrogen and oxygen atoms in total. The lowest BCUT2D eigenvalue weighted by atomic mass is 9.94. The van der Waals surface area contributed by atoms with Gasteiger partial charge >= 0.3 is 0 Å². The molecule has 7 heteroatoms. The fourth-order valence-electron chi connectivity index (χ4n) is 3.72.